The molecule has 0 bridgehead atoms. The Morgan fingerprint density at radius 1 is 1.21 bits per heavy atom. The number of carbonyl (C=O) groups excluding carboxylic acids is 3. The van der Waals surface area contributed by atoms with E-state index in [0.717, 1.165) is 12.8 Å². The van der Waals surface area contributed by atoms with Crippen LogP contribution in [0.3, 0.4) is 0 Å². The van der Waals surface area contributed by atoms with Gasteiger partial charge in [0, 0.05) is 25.3 Å². The maximum Gasteiger partial charge on any atom is 0.410 e. The minimum absolute atomic E-state index is 0.00988. The summed E-state index contributed by atoms with van der Waals surface area (Å²) in [7, 11) is 0. The van der Waals surface area contributed by atoms with Gasteiger partial charge in [0.25, 0.3) is 5.91 Å². The number of nitriles is 1. The highest BCUT2D eigenvalue weighted by Gasteiger charge is 2.26. The lowest BCUT2D eigenvalue weighted by atomic mass is 10.1. The van der Waals surface area contributed by atoms with Crippen LogP contribution in [0.4, 0.5) is 10.5 Å². The van der Waals surface area contributed by atoms with Crippen molar-refractivity contribution in [2.45, 2.75) is 65.0 Å². The molecule has 1 heterocycles. The Morgan fingerprint density at radius 3 is 2.50 bits per heavy atom. The van der Waals surface area contributed by atoms with Gasteiger partial charge in [-0.15, -0.1) is 0 Å². The fourth-order valence-corrected chi connectivity index (χ4v) is 3.25. The first-order chi connectivity index (χ1) is 16.1. The smallest absolute Gasteiger partial charge is 0.410 e. The van der Waals surface area contributed by atoms with Crippen molar-refractivity contribution in [2.75, 3.05) is 25.0 Å². The Hall–Kier alpha value is -3.54. The zero-order valence-corrected chi connectivity index (χ0v) is 20.3. The van der Waals surface area contributed by atoms with Gasteiger partial charge in [0.15, 0.2) is 0 Å². The number of rotatable bonds is 8. The Bertz CT molecular complexity index is 937. The van der Waals surface area contributed by atoms with Gasteiger partial charge >= 0.3 is 12.1 Å². The molecule has 1 aromatic rings. The fourth-order valence-electron chi connectivity index (χ4n) is 3.25. The molecule has 2 amide bonds. The van der Waals surface area contributed by atoms with Gasteiger partial charge in [-0.25, -0.2) is 9.59 Å². The van der Waals surface area contributed by atoms with Crippen LogP contribution in [0.5, 0.6) is 0 Å². The molecule has 0 spiro atoms. The molecule has 1 aliphatic rings. The summed E-state index contributed by atoms with van der Waals surface area (Å²) in [5.41, 5.74) is -0.161. The SMILES string of the molecule is CCCCOC(=O)c1ccccc1NC(=O)/C(C#N)=C\NC1CCN(C(=O)OC(C)(C)C)CC1. The first-order valence-corrected chi connectivity index (χ1v) is 11.6. The average Bonchev–Trinajstić information content (AvgIpc) is 2.79. The largest absolute Gasteiger partial charge is 0.462 e. The van der Waals surface area contributed by atoms with Crippen molar-refractivity contribution >= 4 is 23.7 Å². The lowest BCUT2D eigenvalue weighted by molar-refractivity contribution is -0.112. The number of benzene rings is 1. The summed E-state index contributed by atoms with van der Waals surface area (Å²) in [6, 6.07) is 8.42. The maximum absolute atomic E-state index is 12.7. The lowest BCUT2D eigenvalue weighted by Crippen LogP contribution is -2.45. The van der Waals surface area contributed by atoms with Crippen molar-refractivity contribution in [3.05, 3.63) is 41.6 Å². The lowest BCUT2D eigenvalue weighted by Gasteiger charge is -2.33. The minimum atomic E-state index is -0.630. The van der Waals surface area contributed by atoms with Crippen LogP contribution < -0.4 is 10.6 Å². The second-order valence-corrected chi connectivity index (χ2v) is 9.07. The summed E-state index contributed by atoms with van der Waals surface area (Å²) < 4.78 is 10.6. The summed E-state index contributed by atoms with van der Waals surface area (Å²) in [6.07, 6.45) is 4.00. The predicted molar refractivity (Wildman–Crippen MR) is 128 cm³/mol. The van der Waals surface area contributed by atoms with Crippen LogP contribution in [0.25, 0.3) is 0 Å². The fraction of sp³-hybridized carbons (Fsp3) is 0.520. The number of piperidine rings is 1. The predicted octanol–water partition coefficient (Wildman–Crippen LogP) is 3.98. The molecule has 9 nitrogen and oxygen atoms in total. The molecule has 2 rings (SSSR count). The van der Waals surface area contributed by atoms with E-state index < -0.39 is 17.5 Å². The number of para-hydroxylation sites is 1. The van der Waals surface area contributed by atoms with Crippen molar-refractivity contribution in [2.24, 2.45) is 0 Å². The number of hydrogen-bond donors (Lipinski definition) is 2. The standard InChI is InChI=1S/C25H34N4O5/c1-5-6-15-33-23(31)20-9-7-8-10-21(20)28-22(30)18(16-26)17-27-19-11-13-29(14-12-19)24(32)34-25(2,3)4/h7-10,17,19,27H,5-6,11-15H2,1-4H3,(H,28,30)/b18-17-. The highest BCUT2D eigenvalue weighted by Crippen LogP contribution is 2.18. The summed E-state index contributed by atoms with van der Waals surface area (Å²) in [4.78, 5) is 38.8. The summed E-state index contributed by atoms with van der Waals surface area (Å²) >= 11 is 0. The number of nitrogens with zero attached hydrogens (tertiary/aromatic N) is 2. The van der Waals surface area contributed by atoms with Crippen molar-refractivity contribution in [1.82, 2.24) is 10.2 Å². The number of likely N-dealkylation sites (tertiary alicyclic amines) is 1. The first kappa shape index (κ1) is 26.7. The Kier molecular flexibility index (Phi) is 9.92. The molecule has 0 unspecified atom stereocenters. The van der Waals surface area contributed by atoms with Gasteiger partial charge in [-0.1, -0.05) is 25.5 Å². The molecule has 0 aliphatic carbocycles. The zero-order chi connectivity index (χ0) is 25.1. The van der Waals surface area contributed by atoms with E-state index >= 15 is 0 Å². The topological polar surface area (TPSA) is 121 Å². The molecule has 0 aromatic heterocycles. The minimum Gasteiger partial charge on any atom is -0.462 e. The quantitative estimate of drug-likeness (QED) is 0.255. The molecular formula is C25H34N4O5. The number of anilines is 1. The third kappa shape index (κ3) is 8.43. The first-order valence-electron chi connectivity index (χ1n) is 11.6. The molecule has 1 saturated heterocycles. The van der Waals surface area contributed by atoms with Gasteiger partial charge in [0.1, 0.15) is 17.2 Å². The van der Waals surface area contributed by atoms with E-state index in [9.17, 15) is 19.6 Å². The highest BCUT2D eigenvalue weighted by molar-refractivity contribution is 6.09. The molecule has 9 heteroatoms. The van der Waals surface area contributed by atoms with E-state index in [-0.39, 0.29) is 29.0 Å². The normalized spacial score (nSPS) is 14.7. The monoisotopic (exact) mass is 470 g/mol. The van der Waals surface area contributed by atoms with Crippen LogP contribution in [0.15, 0.2) is 36.0 Å². The summed E-state index contributed by atoms with van der Waals surface area (Å²) in [6.45, 7) is 8.81. The van der Waals surface area contributed by atoms with E-state index in [1.54, 1.807) is 29.2 Å². The molecule has 1 fully saturated rings. The van der Waals surface area contributed by atoms with Crippen LogP contribution in [0.1, 0.15) is 63.7 Å². The van der Waals surface area contributed by atoms with Gasteiger partial charge in [0.05, 0.1) is 17.9 Å². The van der Waals surface area contributed by atoms with Crippen molar-refractivity contribution < 1.29 is 23.9 Å². The van der Waals surface area contributed by atoms with E-state index in [2.05, 4.69) is 10.6 Å². The number of esters is 1. The number of hydrogen-bond acceptors (Lipinski definition) is 7. The summed E-state index contributed by atoms with van der Waals surface area (Å²) in [5.74, 6) is -1.16. The number of nitrogens with one attached hydrogen (secondary N) is 2. The van der Waals surface area contributed by atoms with Gasteiger partial charge in [-0.2, -0.15) is 5.26 Å². The van der Waals surface area contributed by atoms with E-state index in [1.165, 1.54) is 6.20 Å². The molecule has 184 valence electrons. The van der Waals surface area contributed by atoms with E-state index in [1.807, 2.05) is 33.8 Å². The van der Waals surface area contributed by atoms with Crippen molar-refractivity contribution in [1.29, 1.82) is 5.26 Å². The highest BCUT2D eigenvalue weighted by atomic mass is 16.6. The van der Waals surface area contributed by atoms with Gasteiger partial charge < -0.3 is 25.0 Å². The molecule has 0 radical (unpaired) electrons. The Morgan fingerprint density at radius 2 is 1.88 bits per heavy atom. The Balaban J connectivity index is 1.94. The van der Waals surface area contributed by atoms with Crippen LogP contribution in [-0.4, -0.2) is 54.2 Å². The molecule has 1 aliphatic heterocycles. The molecule has 2 N–H and O–H groups in total. The third-order valence-electron chi connectivity index (χ3n) is 5.10. The third-order valence-corrected chi connectivity index (χ3v) is 5.10. The molecule has 1 aromatic carbocycles. The molecule has 34 heavy (non-hydrogen) atoms. The second-order valence-electron chi connectivity index (χ2n) is 9.07. The van der Waals surface area contributed by atoms with Crippen molar-refractivity contribution in [3.8, 4) is 6.07 Å². The number of amides is 2. The van der Waals surface area contributed by atoms with Crippen LogP contribution in [-0.2, 0) is 14.3 Å². The van der Waals surface area contributed by atoms with Crippen LogP contribution in [0, 0.1) is 11.3 Å². The van der Waals surface area contributed by atoms with Gasteiger partial charge in [-0.05, 0) is 52.2 Å². The number of ether oxygens (including phenoxy) is 2. The maximum atomic E-state index is 12.7. The zero-order valence-electron chi connectivity index (χ0n) is 20.3. The molecular weight excluding hydrogens is 436 g/mol. The number of unbranched alkanes of at least 4 members (excludes halogenated alkanes) is 1. The summed E-state index contributed by atoms with van der Waals surface area (Å²) in [5, 5.41) is 15.2. The van der Waals surface area contributed by atoms with E-state index in [0.29, 0.717) is 32.5 Å². The molecule has 0 saturated carbocycles. The second kappa shape index (κ2) is 12.6. The van der Waals surface area contributed by atoms with Gasteiger partial charge in [-0.3, -0.25) is 4.79 Å². The Labute approximate surface area is 201 Å². The molecule has 0 atom stereocenters. The average molecular weight is 471 g/mol. The van der Waals surface area contributed by atoms with E-state index in [4.69, 9.17) is 9.47 Å². The van der Waals surface area contributed by atoms with Crippen LogP contribution >= 0.6 is 0 Å². The number of carbonyl (C=O) groups is 3. The van der Waals surface area contributed by atoms with Crippen molar-refractivity contribution in [3.63, 3.8) is 0 Å². The van der Waals surface area contributed by atoms with Crippen LogP contribution in [0.2, 0.25) is 0 Å². The van der Waals surface area contributed by atoms with Gasteiger partial charge in [0.2, 0.25) is 0 Å².